The lowest BCUT2D eigenvalue weighted by atomic mass is 10.1. The van der Waals surface area contributed by atoms with Crippen molar-refractivity contribution < 1.29 is 4.74 Å². The molecule has 3 aromatic rings. The van der Waals surface area contributed by atoms with Crippen molar-refractivity contribution >= 4 is 11.8 Å². The first-order chi connectivity index (χ1) is 11.2. The zero-order valence-corrected chi connectivity index (χ0v) is 13.7. The topological polar surface area (TPSA) is 44.1 Å². The number of aromatic nitrogens is 2. The molecule has 0 aliphatic rings. The third-order valence-electron chi connectivity index (χ3n) is 3.51. The van der Waals surface area contributed by atoms with Crippen LogP contribution < -0.4 is 10.2 Å². The molecule has 0 spiro atoms. The van der Waals surface area contributed by atoms with Crippen molar-refractivity contribution in [3.63, 3.8) is 0 Å². The molecule has 0 atom stereocenters. The Morgan fingerprint density at radius 2 is 1.74 bits per heavy atom. The molecule has 23 heavy (non-hydrogen) atoms. The lowest BCUT2D eigenvalue weighted by Gasteiger charge is -2.12. The third-order valence-corrected chi connectivity index (χ3v) is 4.25. The van der Waals surface area contributed by atoms with E-state index in [1.54, 1.807) is 29.6 Å². The number of methoxy groups -OCH3 is 1. The van der Waals surface area contributed by atoms with Gasteiger partial charge in [-0.1, -0.05) is 12.1 Å². The fraction of sp³-hybridized carbons (Fsp3) is 0.111. The molecule has 0 fully saturated rings. The second-order valence-corrected chi connectivity index (χ2v) is 5.79. The average Bonchev–Trinajstić information content (AvgIpc) is 2.62. The lowest BCUT2D eigenvalue weighted by molar-refractivity contribution is 0.414. The molecule has 0 saturated heterocycles. The van der Waals surface area contributed by atoms with Crippen molar-refractivity contribution in [1.29, 1.82) is 0 Å². The van der Waals surface area contributed by atoms with Gasteiger partial charge in [-0.2, -0.15) is 5.10 Å². The van der Waals surface area contributed by atoms with Crippen molar-refractivity contribution in [2.24, 2.45) is 0 Å². The Labute approximate surface area is 138 Å². The Balaban J connectivity index is 2.11. The van der Waals surface area contributed by atoms with Gasteiger partial charge >= 0.3 is 0 Å². The van der Waals surface area contributed by atoms with E-state index in [9.17, 15) is 4.79 Å². The SMILES string of the molecule is COc1ccc(-n2ncc(=O)cc2-c2ccc(SC)cc2)cc1. The molecule has 0 radical (unpaired) electrons. The number of benzene rings is 2. The van der Waals surface area contributed by atoms with Gasteiger partial charge in [0.1, 0.15) is 5.75 Å². The minimum atomic E-state index is -0.112. The molecule has 5 heteroatoms. The Bertz CT molecular complexity index is 855. The standard InChI is InChI=1S/C18H16N2O2S/c1-22-16-7-5-14(6-8-16)20-18(11-15(21)12-19-20)13-3-9-17(23-2)10-4-13/h3-12H,1-2H3. The highest BCUT2D eigenvalue weighted by molar-refractivity contribution is 7.98. The molecular formula is C18H16N2O2S. The van der Waals surface area contributed by atoms with Gasteiger partial charge in [-0.05, 0) is 42.7 Å². The van der Waals surface area contributed by atoms with Crippen molar-refractivity contribution in [3.05, 3.63) is 71.0 Å². The molecule has 0 amide bonds. The van der Waals surface area contributed by atoms with Gasteiger partial charge in [0, 0.05) is 16.5 Å². The molecular weight excluding hydrogens is 308 g/mol. The van der Waals surface area contributed by atoms with Crippen molar-refractivity contribution in [2.75, 3.05) is 13.4 Å². The van der Waals surface area contributed by atoms with Gasteiger partial charge < -0.3 is 4.74 Å². The highest BCUT2D eigenvalue weighted by Gasteiger charge is 2.08. The van der Waals surface area contributed by atoms with Crippen LogP contribution in [0.1, 0.15) is 0 Å². The van der Waals surface area contributed by atoms with Crippen LogP contribution in [0.2, 0.25) is 0 Å². The molecule has 1 heterocycles. The number of hydrogen-bond acceptors (Lipinski definition) is 4. The van der Waals surface area contributed by atoms with E-state index in [1.165, 1.54) is 11.1 Å². The first-order valence-corrected chi connectivity index (χ1v) is 8.32. The van der Waals surface area contributed by atoms with E-state index in [0.717, 1.165) is 22.7 Å². The first-order valence-electron chi connectivity index (χ1n) is 7.09. The zero-order chi connectivity index (χ0) is 16.2. The van der Waals surface area contributed by atoms with E-state index >= 15 is 0 Å². The van der Waals surface area contributed by atoms with Crippen LogP contribution in [0.15, 0.2) is 70.5 Å². The summed E-state index contributed by atoms with van der Waals surface area (Å²) in [6.07, 6.45) is 3.36. The van der Waals surface area contributed by atoms with E-state index in [1.807, 2.05) is 54.8 Å². The maximum atomic E-state index is 11.8. The minimum absolute atomic E-state index is 0.112. The fourth-order valence-corrected chi connectivity index (χ4v) is 2.71. The maximum Gasteiger partial charge on any atom is 0.200 e. The lowest BCUT2D eigenvalue weighted by Crippen LogP contribution is -2.11. The second kappa shape index (κ2) is 6.71. The van der Waals surface area contributed by atoms with Gasteiger partial charge in [-0.3, -0.25) is 4.79 Å². The molecule has 0 aliphatic carbocycles. The summed E-state index contributed by atoms with van der Waals surface area (Å²) in [6.45, 7) is 0. The molecule has 3 rings (SSSR count). The van der Waals surface area contributed by atoms with Crippen LogP contribution in [0, 0.1) is 0 Å². The minimum Gasteiger partial charge on any atom is -0.497 e. The number of thioether (sulfide) groups is 1. The second-order valence-electron chi connectivity index (χ2n) is 4.91. The Morgan fingerprint density at radius 3 is 2.35 bits per heavy atom. The van der Waals surface area contributed by atoms with Gasteiger partial charge in [0.25, 0.3) is 0 Å². The molecule has 0 N–H and O–H groups in total. The van der Waals surface area contributed by atoms with Crippen LogP contribution in [0.4, 0.5) is 0 Å². The number of rotatable bonds is 4. The Kier molecular flexibility index (Phi) is 4.48. The van der Waals surface area contributed by atoms with E-state index < -0.39 is 0 Å². The van der Waals surface area contributed by atoms with E-state index in [2.05, 4.69) is 5.10 Å². The first kappa shape index (κ1) is 15.4. The van der Waals surface area contributed by atoms with Crippen LogP contribution >= 0.6 is 11.8 Å². The number of ether oxygens (including phenoxy) is 1. The molecule has 0 saturated carbocycles. The largest absolute Gasteiger partial charge is 0.497 e. The summed E-state index contributed by atoms with van der Waals surface area (Å²) in [6, 6.07) is 17.2. The molecule has 0 bridgehead atoms. The van der Waals surface area contributed by atoms with Crippen LogP contribution in [0.25, 0.3) is 16.9 Å². The smallest absolute Gasteiger partial charge is 0.200 e. The van der Waals surface area contributed by atoms with Crippen molar-refractivity contribution in [2.45, 2.75) is 4.90 Å². The number of nitrogens with zero attached hydrogens (tertiary/aromatic N) is 2. The predicted molar refractivity (Wildman–Crippen MR) is 93.6 cm³/mol. The molecule has 0 aliphatic heterocycles. The zero-order valence-electron chi connectivity index (χ0n) is 12.9. The molecule has 4 nitrogen and oxygen atoms in total. The molecule has 0 unspecified atom stereocenters. The number of hydrogen-bond donors (Lipinski definition) is 0. The quantitative estimate of drug-likeness (QED) is 0.688. The van der Waals surface area contributed by atoms with Crippen molar-refractivity contribution in [1.82, 2.24) is 9.78 Å². The Morgan fingerprint density at radius 1 is 1.04 bits per heavy atom. The van der Waals surface area contributed by atoms with Gasteiger partial charge in [0.2, 0.25) is 5.43 Å². The summed E-state index contributed by atoms with van der Waals surface area (Å²) in [7, 11) is 1.63. The van der Waals surface area contributed by atoms with E-state index in [0.29, 0.717) is 0 Å². The van der Waals surface area contributed by atoms with Crippen LogP contribution in [0.5, 0.6) is 5.75 Å². The fourth-order valence-electron chi connectivity index (χ4n) is 2.31. The summed E-state index contributed by atoms with van der Waals surface area (Å²) in [5, 5.41) is 4.28. The van der Waals surface area contributed by atoms with Crippen molar-refractivity contribution in [3.8, 4) is 22.7 Å². The molecule has 116 valence electrons. The summed E-state index contributed by atoms with van der Waals surface area (Å²) >= 11 is 1.68. The van der Waals surface area contributed by atoms with Gasteiger partial charge in [0.15, 0.2) is 0 Å². The summed E-state index contributed by atoms with van der Waals surface area (Å²) in [5.74, 6) is 0.778. The van der Waals surface area contributed by atoms with Crippen LogP contribution in [-0.4, -0.2) is 23.1 Å². The summed E-state index contributed by atoms with van der Waals surface area (Å²) in [4.78, 5) is 12.9. The predicted octanol–water partition coefficient (Wildman–Crippen LogP) is 3.63. The van der Waals surface area contributed by atoms with Gasteiger partial charge in [-0.15, -0.1) is 11.8 Å². The molecule has 2 aromatic carbocycles. The van der Waals surface area contributed by atoms with Crippen LogP contribution in [-0.2, 0) is 0 Å². The molecule has 1 aromatic heterocycles. The normalized spacial score (nSPS) is 10.5. The summed E-state index contributed by atoms with van der Waals surface area (Å²) in [5.41, 5.74) is 2.47. The Hall–Kier alpha value is -2.53. The average molecular weight is 324 g/mol. The van der Waals surface area contributed by atoms with Crippen LogP contribution in [0.3, 0.4) is 0 Å². The third kappa shape index (κ3) is 3.29. The van der Waals surface area contributed by atoms with E-state index in [-0.39, 0.29) is 5.43 Å². The van der Waals surface area contributed by atoms with E-state index in [4.69, 9.17) is 4.74 Å². The highest BCUT2D eigenvalue weighted by atomic mass is 32.2. The summed E-state index contributed by atoms with van der Waals surface area (Å²) < 4.78 is 6.94. The van der Waals surface area contributed by atoms with Gasteiger partial charge in [0.05, 0.1) is 24.7 Å². The maximum absolute atomic E-state index is 11.8. The monoisotopic (exact) mass is 324 g/mol. The van der Waals surface area contributed by atoms with Gasteiger partial charge in [-0.25, -0.2) is 4.68 Å². The highest BCUT2D eigenvalue weighted by Crippen LogP contribution is 2.24.